The Bertz CT molecular complexity index is 3080. The smallest absolute Gasteiger partial charge is 0.270 e. The summed E-state index contributed by atoms with van der Waals surface area (Å²) in [5, 5.41) is 23.0. The highest BCUT2D eigenvalue weighted by Crippen LogP contribution is 2.32. The van der Waals surface area contributed by atoms with Gasteiger partial charge in [0.1, 0.15) is 47.8 Å². The van der Waals surface area contributed by atoms with Crippen molar-refractivity contribution in [2.45, 2.75) is 94.3 Å². The summed E-state index contributed by atoms with van der Waals surface area (Å²) in [6.45, 7) is 7.05. The number of benzene rings is 2. The van der Waals surface area contributed by atoms with Crippen LogP contribution >= 0.6 is 0 Å². The Balaban J connectivity index is 0.000000156. The zero-order valence-electron chi connectivity index (χ0n) is 39.8. The van der Waals surface area contributed by atoms with Crippen molar-refractivity contribution in [2.75, 3.05) is 69.8 Å². The van der Waals surface area contributed by atoms with Gasteiger partial charge in [0, 0.05) is 78.1 Å². The molecule has 4 aromatic heterocycles. The molecule has 71 heavy (non-hydrogen) atoms. The molecule has 17 nitrogen and oxygen atoms in total. The standard InChI is InChI=1S/C25H27FN6O2.C14H14N4O2S.C12H17FN2O/c26-21-14-19(7-8-22(21)34-12-11-31-9-3-4-10-31)29-25-28-16-18-13-17(15-27)24(33)32(23(18)30-25)20-5-1-2-6-20;1-21(20)14-16-8-10-6-9(7-15)13(19)18(12(10)17-14)11-4-2-3-5-11;13-11-9-10(14)3-4-12(11)16-8-7-15-5-1-2-6-15/h7-8,13-14,16,20H,1-6,9-12H2,(H,28,29,30);6,8,11H,2-5H2,1H3;3-4,9H,1-2,5-8,14H2. The number of hydrogen-bond donors (Lipinski definition) is 2. The van der Waals surface area contributed by atoms with Crippen molar-refractivity contribution in [3.63, 3.8) is 0 Å². The number of pyridine rings is 2. The first kappa shape index (κ1) is 50.5. The number of likely N-dealkylation sites (tertiary alicyclic amines) is 2. The number of ether oxygens (including phenoxy) is 2. The van der Waals surface area contributed by atoms with Crippen LogP contribution in [-0.2, 0) is 10.8 Å². The van der Waals surface area contributed by atoms with Crippen molar-refractivity contribution < 1.29 is 22.5 Å². The fraction of sp³-hybridized carbons (Fsp3) is 0.451. The van der Waals surface area contributed by atoms with Crippen molar-refractivity contribution in [3.05, 3.63) is 104 Å². The summed E-state index contributed by atoms with van der Waals surface area (Å²) >= 11 is 0. The number of nitrogens with two attached hydrogens (primary N) is 1. The molecular formula is C51H58F2N12O5S. The van der Waals surface area contributed by atoms with Gasteiger partial charge in [-0.1, -0.05) is 25.7 Å². The van der Waals surface area contributed by atoms with Crippen LogP contribution in [0.1, 0.15) is 100 Å². The summed E-state index contributed by atoms with van der Waals surface area (Å²) in [7, 11) is -1.31. The van der Waals surface area contributed by atoms with E-state index in [1.165, 1.54) is 62.4 Å². The molecule has 0 spiro atoms. The minimum Gasteiger partial charge on any atom is -0.489 e. The van der Waals surface area contributed by atoms with E-state index in [4.69, 9.17) is 20.5 Å². The van der Waals surface area contributed by atoms with Gasteiger partial charge in [0.15, 0.2) is 23.1 Å². The van der Waals surface area contributed by atoms with Gasteiger partial charge in [-0.2, -0.15) is 15.5 Å². The maximum Gasteiger partial charge on any atom is 0.270 e. The van der Waals surface area contributed by atoms with E-state index in [2.05, 4.69) is 35.1 Å². The predicted molar refractivity (Wildman–Crippen MR) is 267 cm³/mol. The van der Waals surface area contributed by atoms with Crippen LogP contribution in [0.15, 0.2) is 75.7 Å². The van der Waals surface area contributed by atoms with Crippen LogP contribution in [0.4, 0.5) is 26.1 Å². The minimum absolute atomic E-state index is 0.0143. The van der Waals surface area contributed by atoms with E-state index in [1.807, 2.05) is 12.1 Å². The van der Waals surface area contributed by atoms with E-state index < -0.39 is 16.6 Å². The lowest BCUT2D eigenvalue weighted by molar-refractivity contribution is 0.231. The van der Waals surface area contributed by atoms with Crippen molar-refractivity contribution in [3.8, 4) is 23.6 Å². The number of nitrogens with one attached hydrogen (secondary N) is 1. The monoisotopic (exact) mass is 988 g/mol. The lowest BCUT2D eigenvalue weighted by atomic mass is 10.2. The van der Waals surface area contributed by atoms with Crippen molar-refractivity contribution >= 4 is 50.2 Å². The zero-order chi connectivity index (χ0) is 49.9. The number of nitriles is 2. The third kappa shape index (κ3) is 12.5. The maximum absolute atomic E-state index is 14.6. The molecular weight excluding hydrogens is 931 g/mol. The summed E-state index contributed by atoms with van der Waals surface area (Å²) in [5.41, 5.74) is 6.86. The summed E-state index contributed by atoms with van der Waals surface area (Å²) in [6.07, 6.45) is 17.3. The zero-order valence-corrected chi connectivity index (χ0v) is 40.6. The number of aromatic nitrogens is 6. The third-order valence-corrected chi connectivity index (χ3v) is 14.0. The molecule has 2 saturated carbocycles. The van der Waals surface area contributed by atoms with Gasteiger partial charge >= 0.3 is 0 Å². The number of hydrogen-bond acceptors (Lipinski definition) is 15. The summed E-state index contributed by atoms with van der Waals surface area (Å²) in [5.74, 6) is -0.0997. The van der Waals surface area contributed by atoms with E-state index >= 15 is 0 Å². The molecule has 2 aliphatic carbocycles. The van der Waals surface area contributed by atoms with E-state index in [0.29, 0.717) is 46.7 Å². The van der Waals surface area contributed by atoms with Crippen LogP contribution < -0.4 is 31.6 Å². The van der Waals surface area contributed by atoms with Gasteiger partial charge in [-0.25, -0.2) is 23.7 Å². The molecule has 0 amide bonds. The Kier molecular flexibility index (Phi) is 17.0. The van der Waals surface area contributed by atoms with E-state index in [9.17, 15) is 27.8 Å². The second-order valence-corrected chi connectivity index (χ2v) is 19.5. The van der Waals surface area contributed by atoms with Crippen LogP contribution in [0.3, 0.4) is 0 Å². The quantitative estimate of drug-likeness (QED) is 0.0843. The van der Waals surface area contributed by atoms with Crippen LogP contribution in [0.5, 0.6) is 11.5 Å². The Labute approximate surface area is 412 Å². The molecule has 20 heteroatoms. The number of nitrogens with zero attached hydrogens (tertiary/aromatic N) is 10. The Morgan fingerprint density at radius 2 is 1.17 bits per heavy atom. The van der Waals surface area contributed by atoms with Gasteiger partial charge in [0.05, 0.1) is 10.8 Å². The fourth-order valence-electron chi connectivity index (χ4n) is 9.63. The largest absolute Gasteiger partial charge is 0.489 e. The average molecular weight is 989 g/mol. The fourth-order valence-corrected chi connectivity index (χ4v) is 10.0. The topological polar surface area (TPSA) is 223 Å². The van der Waals surface area contributed by atoms with Gasteiger partial charge in [-0.15, -0.1) is 0 Å². The minimum atomic E-state index is -1.31. The molecule has 0 radical (unpaired) electrons. The molecule has 2 aromatic carbocycles. The van der Waals surface area contributed by atoms with Crippen LogP contribution in [0.25, 0.3) is 22.1 Å². The number of halogens is 2. The highest BCUT2D eigenvalue weighted by molar-refractivity contribution is 7.84. The van der Waals surface area contributed by atoms with Crippen LogP contribution in [0.2, 0.25) is 0 Å². The third-order valence-electron chi connectivity index (χ3n) is 13.3. The average Bonchev–Trinajstić information content (AvgIpc) is 4.24. The molecule has 10 rings (SSSR count). The molecule has 6 heterocycles. The van der Waals surface area contributed by atoms with Crippen molar-refractivity contribution in [2.24, 2.45) is 0 Å². The van der Waals surface area contributed by atoms with Crippen molar-refractivity contribution in [1.29, 1.82) is 10.5 Å². The lowest BCUT2D eigenvalue weighted by Crippen LogP contribution is -2.27. The molecule has 372 valence electrons. The first-order valence-electron chi connectivity index (χ1n) is 24.3. The SMILES string of the molecule is CS(=O)c1ncc2cc(C#N)c(=O)n(C3CCCC3)c2n1.N#Cc1cc2cnc(Nc3ccc(OCCN4CCCC4)c(F)c3)nc2n(C2CCCC2)c1=O.Nc1ccc(OCCN2CCCC2)c(F)c1. The molecule has 4 fully saturated rings. The second-order valence-electron chi connectivity index (χ2n) is 18.2. The number of anilines is 3. The molecule has 3 N–H and O–H groups in total. The van der Waals surface area contributed by atoms with E-state index in [-0.39, 0.29) is 62.8 Å². The summed E-state index contributed by atoms with van der Waals surface area (Å²) < 4.78 is 53.8. The van der Waals surface area contributed by atoms with Crippen LogP contribution in [-0.4, -0.2) is 102 Å². The van der Waals surface area contributed by atoms with Gasteiger partial charge in [-0.05, 0) is 114 Å². The normalized spacial score (nSPS) is 16.7. The van der Waals surface area contributed by atoms with E-state index in [0.717, 1.165) is 90.6 Å². The number of nitrogen functional groups attached to an aromatic ring is 1. The molecule has 6 aromatic rings. The first-order chi connectivity index (χ1) is 34.5. The predicted octanol–water partition coefficient (Wildman–Crippen LogP) is 7.53. The Hall–Kier alpha value is -6.87. The first-order valence-corrected chi connectivity index (χ1v) is 25.9. The Morgan fingerprint density at radius 1 is 0.690 bits per heavy atom. The van der Waals surface area contributed by atoms with Crippen LogP contribution in [0, 0.1) is 34.3 Å². The number of rotatable bonds is 13. The maximum atomic E-state index is 14.6. The molecule has 2 aliphatic heterocycles. The molecule has 1 unspecified atom stereocenters. The summed E-state index contributed by atoms with van der Waals surface area (Å²) in [6, 6.07) is 16.2. The van der Waals surface area contributed by atoms with Gasteiger partial charge < -0.3 is 20.5 Å². The molecule has 2 saturated heterocycles. The Morgan fingerprint density at radius 3 is 1.65 bits per heavy atom. The second kappa shape index (κ2) is 23.8. The number of fused-ring (bicyclic) bond motifs is 2. The van der Waals surface area contributed by atoms with Gasteiger partial charge in [-0.3, -0.25) is 32.7 Å². The molecule has 1 atom stereocenters. The summed E-state index contributed by atoms with van der Waals surface area (Å²) in [4.78, 5) is 47.3. The molecule has 4 aliphatic rings. The highest BCUT2D eigenvalue weighted by atomic mass is 32.2. The highest BCUT2D eigenvalue weighted by Gasteiger charge is 2.25. The molecule has 0 bridgehead atoms. The lowest BCUT2D eigenvalue weighted by Gasteiger charge is -2.17. The van der Waals surface area contributed by atoms with E-state index in [1.54, 1.807) is 39.6 Å². The van der Waals surface area contributed by atoms with Crippen molar-refractivity contribution in [1.82, 2.24) is 38.9 Å². The van der Waals surface area contributed by atoms with Gasteiger partial charge in [0.2, 0.25) is 11.1 Å². The van der Waals surface area contributed by atoms with Gasteiger partial charge in [0.25, 0.3) is 11.1 Å².